The number of nitrogens with zero attached hydrogens (tertiary/aromatic N) is 3. The molecule has 2 unspecified atom stereocenters. The van der Waals surface area contributed by atoms with Gasteiger partial charge in [0.2, 0.25) is 11.7 Å². The molecule has 20 heavy (non-hydrogen) atoms. The van der Waals surface area contributed by atoms with Crippen molar-refractivity contribution in [2.45, 2.75) is 38.5 Å². The summed E-state index contributed by atoms with van der Waals surface area (Å²) < 4.78 is 5.51. The standard InChI is InChI=1S/C15H20N4O/c1-10-9-17-7-6-12(10)14-18-15(20-19-14)13-5-3-2-4-11(13)8-16/h6-7,9,11,13H,2-5,8,16H2,1H3. The number of pyridine rings is 1. The van der Waals surface area contributed by atoms with Crippen molar-refractivity contribution in [1.82, 2.24) is 15.1 Å². The molecule has 0 amide bonds. The predicted octanol–water partition coefficient (Wildman–Crippen LogP) is 2.67. The van der Waals surface area contributed by atoms with Gasteiger partial charge in [-0.05, 0) is 43.9 Å². The molecule has 0 aliphatic heterocycles. The molecule has 1 aliphatic carbocycles. The summed E-state index contributed by atoms with van der Waals surface area (Å²) in [6.07, 6.45) is 8.29. The molecule has 0 bridgehead atoms. The number of hydrogen-bond acceptors (Lipinski definition) is 5. The Kier molecular flexibility index (Phi) is 3.78. The van der Waals surface area contributed by atoms with Crippen molar-refractivity contribution in [2.75, 3.05) is 6.54 Å². The third-order valence-corrected chi connectivity index (χ3v) is 4.23. The maximum absolute atomic E-state index is 5.87. The molecule has 106 valence electrons. The Balaban J connectivity index is 1.88. The molecular formula is C15H20N4O. The van der Waals surface area contributed by atoms with E-state index in [1.54, 1.807) is 6.20 Å². The molecule has 1 saturated carbocycles. The maximum atomic E-state index is 5.87. The average molecular weight is 272 g/mol. The Bertz CT molecular complexity index is 581. The molecule has 3 rings (SSSR count). The molecule has 2 aromatic rings. The molecule has 2 N–H and O–H groups in total. The van der Waals surface area contributed by atoms with Crippen LogP contribution in [-0.4, -0.2) is 21.7 Å². The summed E-state index contributed by atoms with van der Waals surface area (Å²) in [6.45, 7) is 2.69. The van der Waals surface area contributed by atoms with Crippen LogP contribution in [0.4, 0.5) is 0 Å². The van der Waals surface area contributed by atoms with E-state index in [9.17, 15) is 0 Å². The van der Waals surface area contributed by atoms with E-state index < -0.39 is 0 Å². The number of hydrogen-bond donors (Lipinski definition) is 1. The monoisotopic (exact) mass is 272 g/mol. The minimum Gasteiger partial charge on any atom is -0.339 e. The van der Waals surface area contributed by atoms with Crippen LogP contribution < -0.4 is 5.73 Å². The molecule has 2 aromatic heterocycles. The van der Waals surface area contributed by atoms with Crippen LogP contribution in [0, 0.1) is 12.8 Å². The Hall–Kier alpha value is -1.75. The highest BCUT2D eigenvalue weighted by Crippen LogP contribution is 2.37. The summed E-state index contributed by atoms with van der Waals surface area (Å²) in [5, 5.41) is 4.14. The third kappa shape index (κ3) is 2.45. The predicted molar refractivity (Wildman–Crippen MR) is 76.0 cm³/mol. The molecule has 5 heteroatoms. The van der Waals surface area contributed by atoms with Crippen molar-refractivity contribution in [3.8, 4) is 11.4 Å². The second kappa shape index (κ2) is 5.71. The number of rotatable bonds is 3. The average Bonchev–Trinajstić information content (AvgIpc) is 2.97. The lowest BCUT2D eigenvalue weighted by molar-refractivity contribution is 0.249. The summed E-state index contributed by atoms with van der Waals surface area (Å²) in [4.78, 5) is 8.69. The Labute approximate surface area is 118 Å². The van der Waals surface area contributed by atoms with Crippen molar-refractivity contribution in [3.05, 3.63) is 29.9 Å². The molecule has 1 aliphatic rings. The van der Waals surface area contributed by atoms with Crippen LogP contribution in [-0.2, 0) is 0 Å². The van der Waals surface area contributed by atoms with Gasteiger partial charge in [-0.15, -0.1) is 0 Å². The first-order chi connectivity index (χ1) is 9.79. The molecule has 2 atom stereocenters. The number of aromatic nitrogens is 3. The van der Waals surface area contributed by atoms with Crippen LogP contribution in [0.1, 0.15) is 43.1 Å². The van der Waals surface area contributed by atoms with Gasteiger partial charge in [0.1, 0.15) is 0 Å². The van der Waals surface area contributed by atoms with Gasteiger partial charge in [-0.3, -0.25) is 4.98 Å². The van der Waals surface area contributed by atoms with Crippen LogP contribution in [0.2, 0.25) is 0 Å². The third-order valence-electron chi connectivity index (χ3n) is 4.23. The summed E-state index contributed by atoms with van der Waals surface area (Å²) in [6, 6.07) is 1.92. The molecular weight excluding hydrogens is 252 g/mol. The van der Waals surface area contributed by atoms with E-state index in [0.717, 1.165) is 29.9 Å². The van der Waals surface area contributed by atoms with Gasteiger partial charge < -0.3 is 10.3 Å². The minimum absolute atomic E-state index is 0.317. The number of aryl methyl sites for hydroxylation is 1. The summed E-state index contributed by atoms with van der Waals surface area (Å²) in [7, 11) is 0. The van der Waals surface area contributed by atoms with Crippen LogP contribution >= 0.6 is 0 Å². The molecule has 2 heterocycles. The van der Waals surface area contributed by atoms with Crippen molar-refractivity contribution in [2.24, 2.45) is 11.7 Å². The quantitative estimate of drug-likeness (QED) is 0.929. The van der Waals surface area contributed by atoms with E-state index in [1.807, 2.05) is 19.2 Å². The van der Waals surface area contributed by atoms with Gasteiger partial charge in [-0.1, -0.05) is 18.0 Å². The number of nitrogens with two attached hydrogens (primary N) is 1. The van der Waals surface area contributed by atoms with Gasteiger partial charge in [0.25, 0.3) is 0 Å². The van der Waals surface area contributed by atoms with E-state index in [2.05, 4.69) is 15.1 Å². The zero-order valence-corrected chi connectivity index (χ0v) is 11.7. The molecule has 1 fully saturated rings. The fourth-order valence-electron chi connectivity index (χ4n) is 3.03. The SMILES string of the molecule is Cc1cnccc1-c1noc(C2CCCCC2CN)n1. The zero-order chi connectivity index (χ0) is 13.9. The topological polar surface area (TPSA) is 77.8 Å². The summed E-state index contributed by atoms with van der Waals surface area (Å²) >= 11 is 0. The van der Waals surface area contributed by atoms with Gasteiger partial charge in [-0.2, -0.15) is 4.98 Å². The molecule has 0 radical (unpaired) electrons. The maximum Gasteiger partial charge on any atom is 0.230 e. The molecule has 0 aromatic carbocycles. The minimum atomic E-state index is 0.317. The lowest BCUT2D eigenvalue weighted by Gasteiger charge is -2.27. The van der Waals surface area contributed by atoms with E-state index in [4.69, 9.17) is 10.3 Å². The first kappa shape index (κ1) is 13.2. The Morgan fingerprint density at radius 3 is 3.00 bits per heavy atom. The highest BCUT2D eigenvalue weighted by molar-refractivity contribution is 5.57. The normalized spacial score (nSPS) is 22.9. The first-order valence-electron chi connectivity index (χ1n) is 7.24. The van der Waals surface area contributed by atoms with Crippen LogP contribution in [0.5, 0.6) is 0 Å². The smallest absolute Gasteiger partial charge is 0.230 e. The highest BCUT2D eigenvalue weighted by atomic mass is 16.5. The zero-order valence-electron chi connectivity index (χ0n) is 11.7. The fourth-order valence-corrected chi connectivity index (χ4v) is 3.03. The summed E-state index contributed by atoms with van der Waals surface area (Å²) in [5.74, 6) is 2.18. The van der Waals surface area contributed by atoms with E-state index in [1.165, 1.54) is 12.8 Å². The Morgan fingerprint density at radius 1 is 1.35 bits per heavy atom. The largest absolute Gasteiger partial charge is 0.339 e. The van der Waals surface area contributed by atoms with Gasteiger partial charge in [0.05, 0.1) is 0 Å². The van der Waals surface area contributed by atoms with E-state index >= 15 is 0 Å². The second-order valence-electron chi connectivity index (χ2n) is 5.53. The van der Waals surface area contributed by atoms with Gasteiger partial charge in [-0.25, -0.2) is 0 Å². The van der Waals surface area contributed by atoms with Gasteiger partial charge >= 0.3 is 0 Å². The van der Waals surface area contributed by atoms with Crippen LogP contribution in [0.15, 0.2) is 23.0 Å². The lowest BCUT2D eigenvalue weighted by atomic mass is 9.79. The summed E-state index contributed by atoms with van der Waals surface area (Å²) in [5.41, 5.74) is 7.91. The van der Waals surface area contributed by atoms with E-state index in [-0.39, 0.29) is 0 Å². The molecule has 0 spiro atoms. The van der Waals surface area contributed by atoms with Gasteiger partial charge in [0, 0.05) is 23.9 Å². The molecule has 5 nitrogen and oxygen atoms in total. The van der Waals surface area contributed by atoms with Crippen molar-refractivity contribution in [3.63, 3.8) is 0 Å². The fraction of sp³-hybridized carbons (Fsp3) is 0.533. The highest BCUT2D eigenvalue weighted by Gasteiger charge is 2.30. The van der Waals surface area contributed by atoms with Crippen LogP contribution in [0.25, 0.3) is 11.4 Å². The first-order valence-corrected chi connectivity index (χ1v) is 7.24. The van der Waals surface area contributed by atoms with Crippen molar-refractivity contribution in [1.29, 1.82) is 0 Å². The van der Waals surface area contributed by atoms with Crippen molar-refractivity contribution >= 4 is 0 Å². The van der Waals surface area contributed by atoms with E-state index in [0.29, 0.717) is 24.2 Å². The molecule has 0 saturated heterocycles. The van der Waals surface area contributed by atoms with Gasteiger partial charge in [0.15, 0.2) is 0 Å². The lowest BCUT2D eigenvalue weighted by Crippen LogP contribution is -2.25. The second-order valence-corrected chi connectivity index (χ2v) is 5.53. The van der Waals surface area contributed by atoms with Crippen LogP contribution in [0.3, 0.4) is 0 Å². The van der Waals surface area contributed by atoms with Crippen molar-refractivity contribution < 1.29 is 4.52 Å². The Morgan fingerprint density at radius 2 is 2.20 bits per heavy atom.